The van der Waals surface area contributed by atoms with Gasteiger partial charge in [0.1, 0.15) is 0 Å². The van der Waals surface area contributed by atoms with E-state index in [0.717, 1.165) is 5.69 Å². The first-order chi connectivity index (χ1) is 7.72. The molecular weight excluding hydrogens is 319 g/mol. The lowest BCUT2D eigenvalue weighted by molar-refractivity contribution is -0.119. The Bertz CT molecular complexity index is 327. The van der Waals surface area contributed by atoms with Gasteiger partial charge in [-0.3, -0.25) is 4.79 Å². The first-order valence-corrected chi connectivity index (χ1v) is 6.05. The van der Waals surface area contributed by atoms with Crippen LogP contribution in [0.1, 0.15) is 0 Å². The largest absolute Gasteiger partial charge is 0.383 e. The topological polar surface area (TPSA) is 50.4 Å². The van der Waals surface area contributed by atoms with Gasteiger partial charge in [-0.15, -0.1) is 0 Å². The zero-order valence-corrected chi connectivity index (χ0v) is 11.3. The fraction of sp³-hybridized carbons (Fsp3) is 0.364. The molecule has 0 fully saturated rings. The van der Waals surface area contributed by atoms with Crippen LogP contribution in [0.2, 0.25) is 0 Å². The number of halogens is 1. The molecule has 0 spiro atoms. The molecule has 1 amide bonds. The maximum Gasteiger partial charge on any atom is 0.239 e. The predicted molar refractivity (Wildman–Crippen MR) is 72.5 cm³/mol. The quantitative estimate of drug-likeness (QED) is 0.612. The van der Waals surface area contributed by atoms with Gasteiger partial charge in [-0.2, -0.15) is 0 Å². The lowest BCUT2D eigenvalue weighted by atomic mass is 10.3. The summed E-state index contributed by atoms with van der Waals surface area (Å²) in [5.74, 6) is -0.0319. The SMILES string of the molecule is COCCNC(=O)CNc1ccc(I)cc1. The summed E-state index contributed by atoms with van der Waals surface area (Å²) in [7, 11) is 1.61. The molecule has 88 valence electrons. The molecule has 0 heterocycles. The van der Waals surface area contributed by atoms with Crippen molar-refractivity contribution < 1.29 is 9.53 Å². The van der Waals surface area contributed by atoms with Gasteiger partial charge in [0.05, 0.1) is 13.2 Å². The van der Waals surface area contributed by atoms with Crippen LogP contribution in [0.3, 0.4) is 0 Å². The smallest absolute Gasteiger partial charge is 0.239 e. The summed E-state index contributed by atoms with van der Waals surface area (Å²) in [6, 6.07) is 7.88. The summed E-state index contributed by atoms with van der Waals surface area (Å²) >= 11 is 2.24. The Hall–Kier alpha value is -0.820. The van der Waals surface area contributed by atoms with Gasteiger partial charge in [0.15, 0.2) is 0 Å². The number of carbonyl (C=O) groups excluding carboxylic acids is 1. The van der Waals surface area contributed by atoms with Gasteiger partial charge in [0.25, 0.3) is 0 Å². The highest BCUT2D eigenvalue weighted by molar-refractivity contribution is 14.1. The Morgan fingerprint density at radius 3 is 2.69 bits per heavy atom. The first-order valence-electron chi connectivity index (χ1n) is 4.97. The third kappa shape index (κ3) is 5.32. The van der Waals surface area contributed by atoms with Gasteiger partial charge in [-0.05, 0) is 46.9 Å². The predicted octanol–water partition coefficient (Wildman–Crippen LogP) is 1.47. The van der Waals surface area contributed by atoms with Crippen molar-refractivity contribution in [2.75, 3.05) is 32.1 Å². The van der Waals surface area contributed by atoms with Crippen molar-refractivity contribution in [2.45, 2.75) is 0 Å². The minimum absolute atomic E-state index is 0.0319. The van der Waals surface area contributed by atoms with E-state index >= 15 is 0 Å². The molecule has 0 aromatic heterocycles. The second-order valence-electron chi connectivity index (χ2n) is 3.20. The number of rotatable bonds is 6. The van der Waals surface area contributed by atoms with Crippen LogP contribution in [0.4, 0.5) is 5.69 Å². The number of nitrogens with one attached hydrogen (secondary N) is 2. The van der Waals surface area contributed by atoms with E-state index in [9.17, 15) is 4.79 Å². The summed E-state index contributed by atoms with van der Waals surface area (Å²) < 4.78 is 6.01. The monoisotopic (exact) mass is 334 g/mol. The Morgan fingerprint density at radius 1 is 1.38 bits per heavy atom. The van der Waals surface area contributed by atoms with Crippen molar-refractivity contribution in [1.82, 2.24) is 5.32 Å². The molecule has 1 aromatic rings. The number of hydrogen-bond donors (Lipinski definition) is 2. The Balaban J connectivity index is 2.23. The summed E-state index contributed by atoms with van der Waals surface area (Å²) in [5.41, 5.74) is 0.947. The standard InChI is InChI=1S/C11H15IN2O2/c1-16-7-6-13-11(15)8-14-10-4-2-9(12)3-5-10/h2-5,14H,6-8H2,1H3,(H,13,15). The van der Waals surface area contributed by atoms with Crippen LogP contribution in [0.25, 0.3) is 0 Å². The van der Waals surface area contributed by atoms with Crippen LogP contribution in [-0.2, 0) is 9.53 Å². The number of hydrogen-bond acceptors (Lipinski definition) is 3. The maximum atomic E-state index is 11.3. The third-order valence-electron chi connectivity index (χ3n) is 1.93. The van der Waals surface area contributed by atoms with Gasteiger partial charge in [-0.1, -0.05) is 0 Å². The molecule has 0 unspecified atom stereocenters. The molecule has 16 heavy (non-hydrogen) atoms. The van der Waals surface area contributed by atoms with E-state index in [1.807, 2.05) is 24.3 Å². The van der Waals surface area contributed by atoms with E-state index in [1.165, 1.54) is 3.57 Å². The second-order valence-corrected chi connectivity index (χ2v) is 4.45. The molecule has 0 saturated carbocycles. The number of methoxy groups -OCH3 is 1. The second kappa shape index (κ2) is 7.45. The number of carbonyl (C=O) groups is 1. The lowest BCUT2D eigenvalue weighted by Gasteiger charge is -2.07. The molecule has 0 radical (unpaired) electrons. The first kappa shape index (κ1) is 13.2. The summed E-state index contributed by atoms with van der Waals surface area (Å²) in [6.45, 7) is 1.36. The van der Waals surface area contributed by atoms with E-state index in [2.05, 4.69) is 33.2 Å². The summed E-state index contributed by atoms with van der Waals surface area (Å²) in [5, 5.41) is 5.78. The molecule has 5 heteroatoms. The van der Waals surface area contributed by atoms with Gasteiger partial charge in [0, 0.05) is 22.9 Å². The zero-order chi connectivity index (χ0) is 11.8. The van der Waals surface area contributed by atoms with Crippen LogP contribution >= 0.6 is 22.6 Å². The fourth-order valence-electron chi connectivity index (χ4n) is 1.11. The minimum Gasteiger partial charge on any atom is -0.383 e. The number of anilines is 1. The van der Waals surface area contributed by atoms with Crippen LogP contribution in [0.5, 0.6) is 0 Å². The lowest BCUT2D eigenvalue weighted by Crippen LogP contribution is -2.32. The number of amides is 1. The zero-order valence-electron chi connectivity index (χ0n) is 9.13. The van der Waals surface area contributed by atoms with E-state index in [4.69, 9.17) is 4.74 Å². The Morgan fingerprint density at radius 2 is 2.06 bits per heavy atom. The van der Waals surface area contributed by atoms with Gasteiger partial charge in [-0.25, -0.2) is 0 Å². The summed E-state index contributed by atoms with van der Waals surface area (Å²) in [4.78, 5) is 11.3. The fourth-order valence-corrected chi connectivity index (χ4v) is 1.46. The van der Waals surface area contributed by atoms with E-state index < -0.39 is 0 Å². The average molecular weight is 334 g/mol. The van der Waals surface area contributed by atoms with E-state index in [-0.39, 0.29) is 12.5 Å². The van der Waals surface area contributed by atoms with Crippen LogP contribution in [0, 0.1) is 3.57 Å². The normalized spacial score (nSPS) is 9.88. The minimum atomic E-state index is -0.0319. The summed E-state index contributed by atoms with van der Waals surface area (Å²) in [6.07, 6.45) is 0. The van der Waals surface area contributed by atoms with Crippen LogP contribution < -0.4 is 10.6 Å². The van der Waals surface area contributed by atoms with Crippen LogP contribution in [0.15, 0.2) is 24.3 Å². The highest BCUT2D eigenvalue weighted by Gasteiger charge is 1.99. The molecule has 0 bridgehead atoms. The molecule has 2 N–H and O–H groups in total. The average Bonchev–Trinajstić information content (AvgIpc) is 2.29. The van der Waals surface area contributed by atoms with E-state index in [0.29, 0.717) is 13.2 Å². The molecule has 0 aliphatic heterocycles. The number of benzene rings is 1. The van der Waals surface area contributed by atoms with Crippen LogP contribution in [-0.4, -0.2) is 32.7 Å². The molecule has 0 aliphatic rings. The molecule has 0 atom stereocenters. The Kier molecular flexibility index (Phi) is 6.17. The molecule has 0 aliphatic carbocycles. The van der Waals surface area contributed by atoms with Gasteiger partial charge >= 0.3 is 0 Å². The Labute approximate surface area is 109 Å². The maximum absolute atomic E-state index is 11.3. The highest BCUT2D eigenvalue weighted by atomic mass is 127. The van der Waals surface area contributed by atoms with Crippen molar-refractivity contribution in [2.24, 2.45) is 0 Å². The molecule has 0 saturated heterocycles. The third-order valence-corrected chi connectivity index (χ3v) is 2.64. The molecule has 4 nitrogen and oxygen atoms in total. The van der Waals surface area contributed by atoms with Crippen molar-refractivity contribution in [3.8, 4) is 0 Å². The van der Waals surface area contributed by atoms with Crippen molar-refractivity contribution in [1.29, 1.82) is 0 Å². The molecular formula is C11H15IN2O2. The molecule has 1 aromatic carbocycles. The van der Waals surface area contributed by atoms with Crippen molar-refractivity contribution in [3.63, 3.8) is 0 Å². The van der Waals surface area contributed by atoms with Gasteiger partial charge < -0.3 is 15.4 Å². The van der Waals surface area contributed by atoms with Crippen molar-refractivity contribution >= 4 is 34.2 Å². The van der Waals surface area contributed by atoms with E-state index in [1.54, 1.807) is 7.11 Å². The number of ether oxygens (including phenoxy) is 1. The van der Waals surface area contributed by atoms with Crippen molar-refractivity contribution in [3.05, 3.63) is 27.8 Å². The van der Waals surface area contributed by atoms with Gasteiger partial charge in [0.2, 0.25) is 5.91 Å². The molecule has 1 rings (SSSR count). The highest BCUT2D eigenvalue weighted by Crippen LogP contribution is 2.10.